The Morgan fingerprint density at radius 1 is 1.21 bits per heavy atom. The van der Waals surface area contributed by atoms with Crippen LogP contribution in [0.1, 0.15) is 44.0 Å². The number of hydrogen-bond acceptors (Lipinski definition) is 6. The predicted molar refractivity (Wildman–Crippen MR) is 128 cm³/mol. The average Bonchev–Trinajstić information content (AvgIpc) is 2.77. The van der Waals surface area contributed by atoms with Gasteiger partial charge in [-0.05, 0) is 51.8 Å². The fourth-order valence-electron chi connectivity index (χ4n) is 5.28. The van der Waals surface area contributed by atoms with Gasteiger partial charge in [0.05, 0.1) is 34.5 Å². The number of piperazine rings is 1. The van der Waals surface area contributed by atoms with Crippen LogP contribution in [0.2, 0.25) is 0 Å². The van der Waals surface area contributed by atoms with E-state index in [4.69, 9.17) is 0 Å². The molecule has 1 aromatic heterocycles. The van der Waals surface area contributed by atoms with Crippen molar-refractivity contribution in [2.75, 3.05) is 37.3 Å². The Morgan fingerprint density at radius 3 is 2.38 bits per heavy atom. The van der Waals surface area contributed by atoms with Gasteiger partial charge in [0.1, 0.15) is 5.82 Å². The van der Waals surface area contributed by atoms with Gasteiger partial charge in [-0.2, -0.15) is 9.57 Å². The van der Waals surface area contributed by atoms with E-state index >= 15 is 0 Å². The number of sulfonamides is 1. The van der Waals surface area contributed by atoms with Crippen molar-refractivity contribution in [2.24, 2.45) is 5.41 Å². The van der Waals surface area contributed by atoms with E-state index in [2.05, 4.69) is 16.0 Å². The number of halogens is 1. The molecule has 3 heterocycles. The summed E-state index contributed by atoms with van der Waals surface area (Å²) in [6, 6.07) is 5.99. The third-order valence-corrected chi connectivity index (χ3v) is 8.48. The summed E-state index contributed by atoms with van der Waals surface area (Å²) in [7, 11) is -3.40. The summed E-state index contributed by atoms with van der Waals surface area (Å²) >= 11 is 0. The zero-order chi connectivity index (χ0) is 24.8. The fourth-order valence-corrected chi connectivity index (χ4v) is 6.72. The lowest BCUT2D eigenvalue weighted by Crippen LogP contribution is -2.59. The Morgan fingerprint density at radius 2 is 1.82 bits per heavy atom. The molecule has 34 heavy (non-hydrogen) atoms. The minimum absolute atomic E-state index is 0.253. The molecule has 2 unspecified atom stereocenters. The van der Waals surface area contributed by atoms with Crippen LogP contribution in [0, 0.1) is 22.6 Å². The largest absolute Gasteiger partial charge is 0.370 e. The Labute approximate surface area is 200 Å². The number of piperidine rings is 1. The summed E-state index contributed by atoms with van der Waals surface area (Å²) in [4.78, 5) is 21.9. The molecule has 0 bridgehead atoms. The van der Waals surface area contributed by atoms with Crippen LogP contribution in [0.3, 0.4) is 0 Å². The molecule has 0 saturated carbocycles. The van der Waals surface area contributed by atoms with Crippen molar-refractivity contribution in [1.29, 1.82) is 5.26 Å². The zero-order valence-corrected chi connectivity index (χ0v) is 20.8. The third kappa shape index (κ3) is 4.46. The second-order valence-corrected chi connectivity index (χ2v) is 11.7. The second kappa shape index (κ2) is 8.78. The van der Waals surface area contributed by atoms with Crippen LogP contribution in [-0.2, 0) is 10.0 Å². The summed E-state index contributed by atoms with van der Waals surface area (Å²) in [6.45, 7) is 7.15. The fraction of sp³-hybridized carbons (Fsp3) is 0.542. The molecule has 2 aliphatic rings. The maximum atomic E-state index is 14.3. The molecule has 4 rings (SSSR count). The maximum absolute atomic E-state index is 14.3. The number of fused-ring (bicyclic) bond motifs is 1. The topological polar surface area (TPSA) is 97.6 Å². The third-order valence-electron chi connectivity index (χ3n) is 6.99. The molecule has 2 aromatic rings. The number of benzene rings is 1. The highest BCUT2D eigenvalue weighted by Gasteiger charge is 2.39. The van der Waals surface area contributed by atoms with E-state index in [1.54, 1.807) is 24.8 Å². The van der Waals surface area contributed by atoms with Crippen LogP contribution in [0.5, 0.6) is 0 Å². The second-order valence-electron chi connectivity index (χ2n) is 9.84. The molecule has 2 saturated heterocycles. The number of anilines is 1. The molecule has 0 spiro atoms. The molecule has 8 nitrogen and oxygen atoms in total. The molecular formula is C24H30FN5O3S. The standard InChI is InChI=1S/C24H30FN5O3S/c1-16-13-29(14-17(2)30(16)34(4,32)33)23(31)20-12-27-21-6-5-18(25)11-19(21)22(20)28-9-7-24(3,15-26)8-10-28/h5-6,11-12,16-17H,7-10,13-14H2,1-4H3. The number of carbonyl (C=O) groups excluding carboxylic acids is 1. The van der Waals surface area contributed by atoms with E-state index in [9.17, 15) is 22.9 Å². The first-order chi connectivity index (χ1) is 15.9. The van der Waals surface area contributed by atoms with Gasteiger partial charge in [-0.15, -0.1) is 0 Å². The number of pyridine rings is 1. The number of amides is 1. The SMILES string of the molecule is CC1CN(C(=O)c2cnc3ccc(F)cc3c2N2CCC(C)(C#N)CC2)CC(C)N1S(C)(=O)=O. The van der Waals surface area contributed by atoms with Gasteiger partial charge < -0.3 is 9.80 Å². The molecule has 0 N–H and O–H groups in total. The Kier molecular flexibility index (Phi) is 6.29. The first-order valence-corrected chi connectivity index (χ1v) is 13.3. The van der Waals surface area contributed by atoms with Gasteiger partial charge >= 0.3 is 0 Å². The molecule has 10 heteroatoms. The molecule has 2 aliphatic heterocycles. The van der Waals surface area contributed by atoms with Crippen molar-refractivity contribution in [3.8, 4) is 6.07 Å². The number of nitrogens with zero attached hydrogens (tertiary/aromatic N) is 5. The van der Waals surface area contributed by atoms with Gasteiger partial charge in [0, 0.05) is 49.8 Å². The monoisotopic (exact) mass is 487 g/mol. The van der Waals surface area contributed by atoms with Gasteiger partial charge in [0.15, 0.2) is 0 Å². The quantitative estimate of drug-likeness (QED) is 0.660. The lowest BCUT2D eigenvalue weighted by atomic mass is 9.81. The summed E-state index contributed by atoms with van der Waals surface area (Å²) in [5.41, 5.74) is 1.15. The van der Waals surface area contributed by atoms with E-state index in [1.165, 1.54) is 28.9 Å². The van der Waals surface area contributed by atoms with Crippen molar-refractivity contribution >= 4 is 32.5 Å². The molecule has 2 fully saturated rings. The van der Waals surface area contributed by atoms with Crippen molar-refractivity contribution in [2.45, 2.75) is 45.7 Å². The Hall–Kier alpha value is -2.77. The minimum Gasteiger partial charge on any atom is -0.370 e. The van der Waals surface area contributed by atoms with Crippen molar-refractivity contribution in [3.05, 3.63) is 35.8 Å². The van der Waals surface area contributed by atoms with Crippen molar-refractivity contribution < 1.29 is 17.6 Å². The maximum Gasteiger partial charge on any atom is 0.257 e. The normalized spacial score (nSPS) is 23.6. The van der Waals surface area contributed by atoms with Crippen LogP contribution in [0.4, 0.5) is 10.1 Å². The summed E-state index contributed by atoms with van der Waals surface area (Å²) in [6.07, 6.45) is 3.99. The summed E-state index contributed by atoms with van der Waals surface area (Å²) in [5.74, 6) is -0.669. The van der Waals surface area contributed by atoms with Crippen LogP contribution in [0.25, 0.3) is 10.9 Å². The van der Waals surface area contributed by atoms with Gasteiger partial charge in [-0.25, -0.2) is 12.8 Å². The summed E-state index contributed by atoms with van der Waals surface area (Å²) < 4.78 is 40.1. The first kappa shape index (κ1) is 24.4. The summed E-state index contributed by atoms with van der Waals surface area (Å²) in [5, 5.41) is 10.1. The highest BCUT2D eigenvalue weighted by Crippen LogP contribution is 2.37. The van der Waals surface area contributed by atoms with Gasteiger partial charge in [-0.3, -0.25) is 9.78 Å². The van der Waals surface area contributed by atoms with Crippen LogP contribution < -0.4 is 4.90 Å². The van der Waals surface area contributed by atoms with Gasteiger partial charge in [-0.1, -0.05) is 0 Å². The zero-order valence-electron chi connectivity index (χ0n) is 20.0. The number of carbonyl (C=O) groups is 1. The average molecular weight is 488 g/mol. The molecule has 2 atom stereocenters. The molecule has 1 amide bonds. The number of rotatable bonds is 3. The van der Waals surface area contributed by atoms with Crippen LogP contribution >= 0.6 is 0 Å². The Balaban J connectivity index is 1.74. The van der Waals surface area contributed by atoms with Crippen LogP contribution in [0.15, 0.2) is 24.4 Å². The molecule has 182 valence electrons. The lowest BCUT2D eigenvalue weighted by molar-refractivity contribution is 0.0555. The van der Waals surface area contributed by atoms with Gasteiger partial charge in [0.25, 0.3) is 5.91 Å². The lowest BCUT2D eigenvalue weighted by Gasteiger charge is -2.43. The van der Waals surface area contributed by atoms with Gasteiger partial charge in [0.2, 0.25) is 10.0 Å². The molecule has 1 aromatic carbocycles. The first-order valence-electron chi connectivity index (χ1n) is 11.5. The van der Waals surface area contributed by atoms with E-state index < -0.39 is 21.3 Å². The highest BCUT2D eigenvalue weighted by molar-refractivity contribution is 7.88. The van der Waals surface area contributed by atoms with E-state index in [0.29, 0.717) is 48.1 Å². The van der Waals surface area contributed by atoms with Crippen molar-refractivity contribution in [1.82, 2.24) is 14.2 Å². The number of aromatic nitrogens is 1. The highest BCUT2D eigenvalue weighted by atomic mass is 32.2. The minimum atomic E-state index is -3.40. The molecular weight excluding hydrogens is 457 g/mol. The molecule has 0 aliphatic carbocycles. The van der Waals surface area contributed by atoms with E-state index in [-0.39, 0.29) is 31.1 Å². The number of hydrogen-bond donors (Lipinski definition) is 0. The van der Waals surface area contributed by atoms with E-state index in [1.807, 2.05) is 6.92 Å². The van der Waals surface area contributed by atoms with Crippen LogP contribution in [-0.4, -0.2) is 73.0 Å². The molecule has 0 radical (unpaired) electrons. The van der Waals surface area contributed by atoms with E-state index in [0.717, 1.165) is 0 Å². The Bertz CT molecular complexity index is 1260. The smallest absolute Gasteiger partial charge is 0.257 e. The van der Waals surface area contributed by atoms with Crippen molar-refractivity contribution in [3.63, 3.8) is 0 Å². The number of nitriles is 1. The predicted octanol–water partition coefficient (Wildman–Crippen LogP) is 3.00.